The van der Waals surface area contributed by atoms with Crippen LogP contribution < -0.4 is 10.2 Å². The van der Waals surface area contributed by atoms with E-state index >= 15 is 0 Å². The minimum atomic E-state index is -1.37. The van der Waals surface area contributed by atoms with Gasteiger partial charge < -0.3 is 10.2 Å². The highest BCUT2D eigenvalue weighted by Gasteiger charge is 2.30. The topological polar surface area (TPSA) is 15.3 Å². The van der Waals surface area contributed by atoms with Gasteiger partial charge in [-0.25, -0.2) is 17.6 Å². The molecule has 1 aliphatic heterocycles. The second-order valence-electron chi connectivity index (χ2n) is 4.63. The van der Waals surface area contributed by atoms with E-state index in [0.29, 0.717) is 6.54 Å². The Labute approximate surface area is 103 Å². The Balaban J connectivity index is 2.49. The zero-order valence-corrected chi connectivity index (χ0v) is 10.1. The zero-order chi connectivity index (χ0) is 13.4. The van der Waals surface area contributed by atoms with Gasteiger partial charge in [0, 0.05) is 31.2 Å². The molecule has 18 heavy (non-hydrogen) atoms. The molecular formula is C12H14F4N2. The number of rotatable bonds is 1. The van der Waals surface area contributed by atoms with Crippen molar-refractivity contribution in [3.63, 3.8) is 0 Å². The lowest BCUT2D eigenvalue weighted by atomic mass is 10.1. The maximum absolute atomic E-state index is 13.7. The lowest BCUT2D eigenvalue weighted by Gasteiger charge is -2.39. The average Bonchev–Trinajstić information content (AvgIpc) is 2.31. The molecule has 6 heteroatoms. The van der Waals surface area contributed by atoms with Crippen LogP contribution in [0.1, 0.15) is 13.8 Å². The number of piperazine rings is 1. The van der Waals surface area contributed by atoms with Crippen molar-refractivity contribution in [1.82, 2.24) is 5.32 Å². The molecule has 1 N–H and O–H groups in total. The van der Waals surface area contributed by atoms with Gasteiger partial charge in [-0.1, -0.05) is 0 Å². The van der Waals surface area contributed by atoms with Crippen LogP contribution in [-0.4, -0.2) is 25.2 Å². The standard InChI is InChI=1S/C12H14F4N2/c1-6-5-18(7(2)4-17-6)12-10(15)8(13)3-9(14)11(12)16/h3,6-7,17H,4-5H2,1-2H3. The van der Waals surface area contributed by atoms with Crippen LogP contribution in [0, 0.1) is 23.3 Å². The molecule has 1 aromatic carbocycles. The molecule has 0 spiro atoms. The SMILES string of the molecule is CC1CN(c2c(F)c(F)cc(F)c2F)C(C)CN1. The first kappa shape index (κ1) is 13.1. The minimum Gasteiger partial charge on any atom is -0.361 e. The van der Waals surface area contributed by atoms with Gasteiger partial charge in [0.25, 0.3) is 0 Å². The monoisotopic (exact) mass is 262 g/mol. The van der Waals surface area contributed by atoms with Crippen LogP contribution in [0.5, 0.6) is 0 Å². The summed E-state index contributed by atoms with van der Waals surface area (Å²) in [4.78, 5) is 1.36. The highest BCUT2D eigenvalue weighted by atomic mass is 19.2. The fraction of sp³-hybridized carbons (Fsp3) is 0.500. The van der Waals surface area contributed by atoms with Gasteiger partial charge in [-0.3, -0.25) is 0 Å². The van der Waals surface area contributed by atoms with Crippen LogP contribution >= 0.6 is 0 Å². The van der Waals surface area contributed by atoms with E-state index in [1.807, 2.05) is 6.92 Å². The molecule has 1 aliphatic rings. The molecule has 1 saturated heterocycles. The third kappa shape index (κ3) is 2.16. The van der Waals surface area contributed by atoms with E-state index in [0.717, 1.165) is 0 Å². The van der Waals surface area contributed by atoms with Crippen molar-refractivity contribution in [1.29, 1.82) is 0 Å². The Morgan fingerprint density at radius 2 is 1.67 bits per heavy atom. The van der Waals surface area contributed by atoms with Gasteiger partial charge in [-0.05, 0) is 13.8 Å². The summed E-state index contributed by atoms with van der Waals surface area (Å²) in [5, 5.41) is 3.13. The lowest BCUT2D eigenvalue weighted by molar-refractivity contribution is 0.399. The molecule has 0 bridgehead atoms. The number of benzene rings is 1. The molecule has 1 aromatic rings. The molecule has 2 nitrogen and oxygen atoms in total. The quantitative estimate of drug-likeness (QED) is 0.617. The number of nitrogens with zero attached hydrogens (tertiary/aromatic N) is 1. The van der Waals surface area contributed by atoms with Crippen LogP contribution in [0.15, 0.2) is 6.07 Å². The summed E-state index contributed by atoms with van der Waals surface area (Å²) in [5.41, 5.74) is -0.617. The van der Waals surface area contributed by atoms with Gasteiger partial charge in [0.05, 0.1) is 0 Å². The van der Waals surface area contributed by atoms with Crippen LogP contribution in [0.2, 0.25) is 0 Å². The highest BCUT2D eigenvalue weighted by molar-refractivity contribution is 5.51. The number of nitrogens with one attached hydrogen (secondary N) is 1. The van der Waals surface area contributed by atoms with Crippen molar-refractivity contribution in [2.24, 2.45) is 0 Å². The summed E-state index contributed by atoms with van der Waals surface area (Å²) >= 11 is 0. The van der Waals surface area contributed by atoms with E-state index in [4.69, 9.17) is 0 Å². The molecule has 1 fully saturated rings. The molecule has 0 saturated carbocycles. The van der Waals surface area contributed by atoms with Crippen molar-refractivity contribution in [3.05, 3.63) is 29.3 Å². The second kappa shape index (κ2) is 4.76. The number of anilines is 1. The number of hydrogen-bond donors (Lipinski definition) is 1. The van der Waals surface area contributed by atoms with Gasteiger partial charge in [0.15, 0.2) is 23.3 Å². The predicted octanol–water partition coefficient (Wildman–Crippen LogP) is 2.43. The molecule has 2 unspecified atom stereocenters. The maximum Gasteiger partial charge on any atom is 0.185 e. The highest BCUT2D eigenvalue weighted by Crippen LogP contribution is 2.30. The second-order valence-corrected chi connectivity index (χ2v) is 4.63. The lowest BCUT2D eigenvalue weighted by Crippen LogP contribution is -2.55. The van der Waals surface area contributed by atoms with Gasteiger partial charge in [-0.2, -0.15) is 0 Å². The van der Waals surface area contributed by atoms with E-state index in [-0.39, 0.29) is 24.7 Å². The maximum atomic E-state index is 13.7. The molecule has 0 aromatic heterocycles. The van der Waals surface area contributed by atoms with E-state index < -0.39 is 29.0 Å². The number of halogens is 4. The van der Waals surface area contributed by atoms with Crippen LogP contribution in [0.3, 0.4) is 0 Å². The molecule has 0 amide bonds. The molecular weight excluding hydrogens is 248 g/mol. The van der Waals surface area contributed by atoms with Crippen molar-refractivity contribution in [2.75, 3.05) is 18.0 Å². The first-order valence-electron chi connectivity index (χ1n) is 5.74. The van der Waals surface area contributed by atoms with Crippen molar-refractivity contribution >= 4 is 5.69 Å². The Morgan fingerprint density at radius 1 is 1.11 bits per heavy atom. The van der Waals surface area contributed by atoms with Gasteiger partial charge in [0.2, 0.25) is 0 Å². The Hall–Kier alpha value is -1.30. The Bertz CT molecular complexity index is 438. The molecule has 0 radical (unpaired) electrons. The molecule has 2 rings (SSSR count). The normalized spacial score (nSPS) is 24.4. The number of hydrogen-bond acceptors (Lipinski definition) is 2. The summed E-state index contributed by atoms with van der Waals surface area (Å²) < 4.78 is 53.7. The Morgan fingerprint density at radius 3 is 2.22 bits per heavy atom. The largest absolute Gasteiger partial charge is 0.361 e. The Kier molecular flexibility index (Phi) is 3.47. The van der Waals surface area contributed by atoms with Crippen molar-refractivity contribution < 1.29 is 17.6 Å². The molecule has 2 atom stereocenters. The van der Waals surface area contributed by atoms with Crippen molar-refractivity contribution in [2.45, 2.75) is 25.9 Å². The average molecular weight is 262 g/mol. The summed E-state index contributed by atoms with van der Waals surface area (Å²) in [6, 6.07) is -0.0255. The van der Waals surface area contributed by atoms with E-state index in [2.05, 4.69) is 5.32 Å². The first-order chi connectivity index (χ1) is 8.41. The smallest absolute Gasteiger partial charge is 0.185 e. The molecule has 100 valence electrons. The van der Waals surface area contributed by atoms with Crippen LogP contribution in [0.25, 0.3) is 0 Å². The van der Waals surface area contributed by atoms with Crippen LogP contribution in [-0.2, 0) is 0 Å². The van der Waals surface area contributed by atoms with Crippen molar-refractivity contribution in [3.8, 4) is 0 Å². The molecule has 1 heterocycles. The van der Waals surface area contributed by atoms with Gasteiger partial charge in [0.1, 0.15) is 5.69 Å². The first-order valence-corrected chi connectivity index (χ1v) is 5.74. The fourth-order valence-corrected chi connectivity index (χ4v) is 2.15. The fourth-order valence-electron chi connectivity index (χ4n) is 2.15. The minimum absolute atomic E-state index is 0.00803. The van der Waals surface area contributed by atoms with Crippen LogP contribution in [0.4, 0.5) is 23.2 Å². The summed E-state index contributed by atoms with van der Waals surface area (Å²) in [6.45, 7) is 4.36. The summed E-state index contributed by atoms with van der Waals surface area (Å²) in [5.74, 6) is -5.42. The zero-order valence-electron chi connectivity index (χ0n) is 10.1. The van der Waals surface area contributed by atoms with E-state index in [9.17, 15) is 17.6 Å². The predicted molar refractivity (Wildman–Crippen MR) is 60.5 cm³/mol. The van der Waals surface area contributed by atoms with Gasteiger partial charge >= 0.3 is 0 Å². The van der Waals surface area contributed by atoms with E-state index in [1.165, 1.54) is 4.90 Å². The summed E-state index contributed by atoms with van der Waals surface area (Å²) in [6.07, 6.45) is 0. The third-order valence-electron chi connectivity index (χ3n) is 3.14. The third-order valence-corrected chi connectivity index (χ3v) is 3.14. The van der Waals surface area contributed by atoms with Gasteiger partial charge in [-0.15, -0.1) is 0 Å². The molecule has 0 aliphatic carbocycles. The summed E-state index contributed by atoms with van der Waals surface area (Å²) in [7, 11) is 0. The van der Waals surface area contributed by atoms with E-state index in [1.54, 1.807) is 6.92 Å².